The number of thiol groups is 2. The van der Waals surface area contributed by atoms with E-state index in [0.717, 1.165) is 35.9 Å². The number of amides is 14. The molecule has 0 spiro atoms. The summed E-state index contributed by atoms with van der Waals surface area (Å²) in [5.41, 5.74) is 9.29. The zero-order valence-electron chi connectivity index (χ0n) is 67.2. The standard InChI is InChI=1S/C74H109ClN12O22S6/c1-42-16-15-17-54(107-14)74(105)41-51(109-71(104)76-74)44(3)35-43(2)49(38-63(96)83(12)48-36-47(34-42)37-50(106-13)66(48)75)108-70(103)46(5)82(11)60(93)25-33-113-115-73(8,9)27-19-56(89)78-80-58(91)21-31-87(62(95)23-29-85-65(98)40-53(111)68(85)100)86(61(94)22-28-84-64(97)39-52(110)67(84)99)30-20-57(90)79-77-55(88)18-26-72(6,7)114-112-32-24-59(92)81(10)45(4)69(101)102/h15-17,36-37,43-46,49,51-54,105,110-111H,18-35,38-41H2,1-14H3,(H,76,104)(H,77,88)(H,78,89)(H,79,90)(H,80,91)(H,101,102)/b17-15+,42-16+/t43-,44+,45+,46+,49+,51?,52?,53?,54-,74+/m1/s1. The number of carbonyl (C=O) groups is 16. The number of methoxy groups -OCH3 is 2. The third-order valence-electron chi connectivity index (χ3n) is 19.8. The van der Waals surface area contributed by atoms with Gasteiger partial charge in [-0.2, -0.15) is 25.3 Å². The number of anilines is 1. The minimum absolute atomic E-state index is 0.0289. The van der Waals surface area contributed by atoms with Crippen LogP contribution >= 0.6 is 80.0 Å². The first-order valence-corrected chi connectivity index (χ1v) is 43.5. The second-order valence-electron chi connectivity index (χ2n) is 29.8. The molecule has 3 fully saturated rings. The third kappa shape index (κ3) is 30.1. The number of hydrogen-bond acceptors (Lipinski definition) is 27. The highest BCUT2D eigenvalue weighted by atomic mass is 35.5. The molecule has 0 aromatic heterocycles. The Kier molecular flexibility index (Phi) is 38.8. The first-order valence-electron chi connectivity index (χ1n) is 37.4. The third-order valence-corrected chi connectivity index (χ3v) is 27.7. The quantitative estimate of drug-likeness (QED) is 0.0101. The van der Waals surface area contributed by atoms with E-state index in [1.54, 1.807) is 38.3 Å². The number of esters is 1. The summed E-state index contributed by atoms with van der Waals surface area (Å²) < 4.78 is 22.1. The van der Waals surface area contributed by atoms with Crippen LogP contribution in [0.4, 0.5) is 10.5 Å². The van der Waals surface area contributed by atoms with Gasteiger partial charge in [-0.3, -0.25) is 109 Å². The second-order valence-corrected chi connectivity index (χ2v) is 37.7. The van der Waals surface area contributed by atoms with Crippen molar-refractivity contribution in [3.63, 3.8) is 0 Å². The van der Waals surface area contributed by atoms with E-state index in [0.29, 0.717) is 30.0 Å². The van der Waals surface area contributed by atoms with Crippen molar-refractivity contribution in [3.05, 3.63) is 46.5 Å². The van der Waals surface area contributed by atoms with Crippen LogP contribution in [-0.2, 0) is 92.5 Å². The van der Waals surface area contributed by atoms with Gasteiger partial charge in [0.1, 0.15) is 41.2 Å². The summed E-state index contributed by atoms with van der Waals surface area (Å²) in [7, 11) is 12.7. The Hall–Kier alpha value is -7.47. The zero-order chi connectivity index (χ0) is 86.1. The second kappa shape index (κ2) is 45.5. The van der Waals surface area contributed by atoms with E-state index in [9.17, 15) is 86.9 Å². The maximum atomic E-state index is 14.4. The molecule has 34 nitrogen and oxygen atoms in total. The van der Waals surface area contributed by atoms with E-state index in [2.05, 4.69) is 52.3 Å². The number of halogens is 1. The number of rotatable bonds is 35. The Bertz CT molecular complexity index is 3820. The number of hydrazine groups is 3. The van der Waals surface area contributed by atoms with Gasteiger partial charge in [0, 0.05) is 133 Å². The molecule has 0 radical (unpaired) electrons. The van der Waals surface area contributed by atoms with E-state index >= 15 is 0 Å². The van der Waals surface area contributed by atoms with Crippen molar-refractivity contribution in [2.75, 3.05) is 77.9 Å². The number of benzene rings is 1. The van der Waals surface area contributed by atoms with Gasteiger partial charge in [0.25, 0.3) is 0 Å². The van der Waals surface area contributed by atoms with Crippen molar-refractivity contribution < 1.29 is 106 Å². The molecule has 14 amide bonds. The van der Waals surface area contributed by atoms with Crippen LogP contribution in [0.5, 0.6) is 5.75 Å². The van der Waals surface area contributed by atoms with Crippen molar-refractivity contribution in [2.24, 2.45) is 11.8 Å². The van der Waals surface area contributed by atoms with E-state index in [-0.39, 0.29) is 80.9 Å². The lowest BCUT2D eigenvalue weighted by Gasteiger charge is -2.42. The van der Waals surface area contributed by atoms with Crippen LogP contribution in [-0.4, -0.2) is 264 Å². The topological polar surface area (TPSA) is 433 Å². The van der Waals surface area contributed by atoms with Gasteiger partial charge in [-0.05, 0) is 104 Å². The highest BCUT2D eigenvalue weighted by Gasteiger charge is 2.48. The first kappa shape index (κ1) is 98.1. The van der Waals surface area contributed by atoms with Crippen LogP contribution in [0.3, 0.4) is 0 Å². The van der Waals surface area contributed by atoms with Gasteiger partial charge in [0.05, 0.1) is 42.8 Å². The molecule has 115 heavy (non-hydrogen) atoms. The fourth-order valence-corrected chi connectivity index (χ4v) is 18.3. The summed E-state index contributed by atoms with van der Waals surface area (Å²) in [4.78, 5) is 218. The van der Waals surface area contributed by atoms with Gasteiger partial charge >= 0.3 is 18.0 Å². The monoisotopic (exact) mass is 1740 g/mol. The molecule has 4 aliphatic rings. The van der Waals surface area contributed by atoms with E-state index in [1.165, 1.54) is 95.1 Å². The number of fused-ring (bicyclic) bond motifs is 4. The van der Waals surface area contributed by atoms with E-state index in [1.807, 2.05) is 47.6 Å². The average Bonchev–Trinajstić information content (AvgIpc) is 1.44. The number of hydrogen-bond donors (Lipinski definition) is 9. The normalized spacial score (nSPS) is 22.2. The van der Waals surface area contributed by atoms with Crippen molar-refractivity contribution in [1.29, 1.82) is 0 Å². The van der Waals surface area contributed by atoms with Crippen LogP contribution in [0.2, 0.25) is 5.02 Å². The van der Waals surface area contributed by atoms with E-state index in [4.69, 9.17) is 30.5 Å². The van der Waals surface area contributed by atoms with Crippen molar-refractivity contribution in [1.82, 2.24) is 56.6 Å². The largest absolute Gasteiger partial charge is 0.495 e. The van der Waals surface area contributed by atoms with Gasteiger partial charge in [-0.25, -0.2) is 14.4 Å². The number of carboxylic acid groups (broad SMARTS) is 1. The number of allylic oxidation sites excluding steroid dienone is 3. The summed E-state index contributed by atoms with van der Waals surface area (Å²) in [6.45, 7) is 13.7. The zero-order valence-corrected chi connectivity index (χ0v) is 73.0. The summed E-state index contributed by atoms with van der Waals surface area (Å²) in [5.74, 6) is -10.6. The molecule has 7 N–H and O–H groups in total. The Morgan fingerprint density at radius 2 is 1.16 bits per heavy atom. The van der Waals surface area contributed by atoms with Crippen molar-refractivity contribution in [2.45, 2.75) is 221 Å². The molecule has 3 unspecified atom stereocenters. The maximum absolute atomic E-state index is 14.4. The highest BCUT2D eigenvalue weighted by Crippen LogP contribution is 2.42. The molecule has 5 rings (SSSR count). The minimum Gasteiger partial charge on any atom is -0.495 e. The van der Waals surface area contributed by atoms with E-state index < -0.39 is 209 Å². The van der Waals surface area contributed by atoms with Gasteiger partial charge in [-0.15, -0.1) is 0 Å². The molecule has 4 aliphatic heterocycles. The number of nitrogens with one attached hydrogen (secondary N) is 5. The molecule has 0 aliphatic carbocycles. The summed E-state index contributed by atoms with van der Waals surface area (Å²) >= 11 is 15.1. The predicted molar refractivity (Wildman–Crippen MR) is 440 cm³/mol. The van der Waals surface area contributed by atoms with Crippen LogP contribution in [0.15, 0.2) is 35.9 Å². The number of alkyl carbamates (subject to hydrolysis) is 1. The molecular formula is C74H109ClN12O22S6. The lowest BCUT2D eigenvalue weighted by Crippen LogP contribution is -2.63. The molecule has 4 heterocycles. The number of aliphatic hydroxyl groups is 1. The molecule has 10 atom stereocenters. The smallest absolute Gasteiger partial charge is 0.409 e. The number of aliphatic carboxylic acids is 1. The average molecular weight is 1750 g/mol. The first-order chi connectivity index (χ1) is 53.8. The SMILES string of the molecule is COc1cc2cc(c1Cl)N(C)C(=O)C[C@H](OC(=O)[C@H](C)N(C)C(=O)CCSSC(C)(C)CCC(=O)NNC(=O)CCN(C(=O)CCN1C(=O)CC(S)C1=O)N(CCC(=O)NNC(=O)CCC(C)(C)SSCCC(=O)N(C)[C@@H](C)C(=O)O)C(=O)CCN1C(=O)CC(S)C1=O)[C@H](C)C[C@H](C)C1C[C@@](O)(NC(=O)O1)[C@H](OC)/C=C/C=C(\C)C2. The summed E-state index contributed by atoms with van der Waals surface area (Å²) in [6, 6.07) is 1.38. The molecule has 640 valence electrons. The molecule has 0 saturated carbocycles. The van der Waals surface area contributed by atoms with Gasteiger partial charge in [-0.1, -0.05) is 92.4 Å². The molecular weight excluding hydrogens is 1640 g/mol. The Morgan fingerprint density at radius 3 is 1.60 bits per heavy atom. The fourth-order valence-electron chi connectivity index (χ4n) is 12.3. The van der Waals surface area contributed by atoms with Crippen molar-refractivity contribution >= 4 is 181 Å². The van der Waals surface area contributed by atoms with Crippen LogP contribution in [0.25, 0.3) is 0 Å². The fraction of sp³-hybridized carbons (Fsp3) is 0.649. The molecule has 1 aromatic carbocycles. The summed E-state index contributed by atoms with van der Waals surface area (Å²) in [5, 5.41) is 23.5. The van der Waals surface area contributed by atoms with Gasteiger partial charge in [0.15, 0.2) is 5.72 Å². The number of ether oxygens (including phenoxy) is 4. The van der Waals surface area contributed by atoms with Crippen molar-refractivity contribution in [3.8, 4) is 5.75 Å². The minimum atomic E-state index is -1.88. The lowest BCUT2D eigenvalue weighted by molar-refractivity contribution is -0.166. The Balaban J connectivity index is 1.18. The number of likely N-dealkylation sites (N-methyl/N-ethyl adjacent to an activating group) is 2. The maximum Gasteiger partial charge on any atom is 0.409 e. The van der Waals surface area contributed by atoms with Crippen LogP contribution < -0.4 is 36.7 Å². The number of carboxylic acids is 1. The summed E-state index contributed by atoms with van der Waals surface area (Å²) in [6.07, 6.45) is -0.878. The Labute approximate surface area is 701 Å². The number of imide groups is 2. The molecule has 4 bridgehead atoms. The van der Waals surface area contributed by atoms with Crippen LogP contribution in [0.1, 0.15) is 164 Å². The highest BCUT2D eigenvalue weighted by molar-refractivity contribution is 8.77. The number of carbonyl (C=O) groups excluding carboxylic acids is 15. The van der Waals surface area contributed by atoms with Gasteiger partial charge < -0.3 is 43.9 Å². The number of likely N-dealkylation sites (tertiary alicyclic amines) is 2. The van der Waals surface area contributed by atoms with Crippen LogP contribution in [0, 0.1) is 11.8 Å². The molecule has 41 heteroatoms. The van der Waals surface area contributed by atoms with Gasteiger partial charge in [0.2, 0.25) is 76.8 Å². The number of nitrogens with zero attached hydrogens (tertiary/aromatic N) is 7. The molecule has 3 saturated heterocycles. The molecule has 1 aromatic rings. The Morgan fingerprint density at radius 1 is 0.687 bits per heavy atom. The lowest BCUT2D eigenvalue weighted by atomic mass is 9.83. The predicted octanol–water partition coefficient (Wildman–Crippen LogP) is 5.52.